The second-order valence-electron chi connectivity index (χ2n) is 5.44. The van der Waals surface area contributed by atoms with Crippen LogP contribution >= 0.6 is 0 Å². The molecule has 1 aromatic heterocycles. The van der Waals surface area contributed by atoms with Crippen LogP contribution in [0.1, 0.15) is 18.1 Å². The van der Waals surface area contributed by atoms with Crippen molar-refractivity contribution >= 4 is 10.8 Å². The molecule has 2 aromatic carbocycles. The molecule has 106 valence electrons. The summed E-state index contributed by atoms with van der Waals surface area (Å²) in [6.45, 7) is 1.72. The summed E-state index contributed by atoms with van der Waals surface area (Å²) in [6, 6.07) is 14.1. The summed E-state index contributed by atoms with van der Waals surface area (Å²) in [7, 11) is 0. The molecule has 21 heavy (non-hydrogen) atoms. The van der Waals surface area contributed by atoms with E-state index in [0.29, 0.717) is 5.56 Å². The van der Waals surface area contributed by atoms with Gasteiger partial charge in [0.1, 0.15) is 5.82 Å². The number of hydrogen-bond acceptors (Lipinski definition) is 2. The molecule has 3 rings (SSSR count). The van der Waals surface area contributed by atoms with Crippen LogP contribution in [-0.2, 0) is 12.0 Å². The summed E-state index contributed by atoms with van der Waals surface area (Å²) in [4.78, 5) is 4.09. The maximum atomic E-state index is 13.8. The van der Waals surface area contributed by atoms with Crippen LogP contribution < -0.4 is 0 Å². The molecule has 1 atom stereocenters. The van der Waals surface area contributed by atoms with Crippen LogP contribution in [0.15, 0.2) is 60.9 Å². The summed E-state index contributed by atoms with van der Waals surface area (Å²) >= 11 is 0. The van der Waals surface area contributed by atoms with Gasteiger partial charge in [-0.2, -0.15) is 0 Å². The number of rotatable bonds is 3. The van der Waals surface area contributed by atoms with Crippen molar-refractivity contribution in [2.24, 2.45) is 0 Å². The van der Waals surface area contributed by atoms with Gasteiger partial charge in [0, 0.05) is 24.2 Å². The lowest BCUT2D eigenvalue weighted by molar-refractivity contribution is 0.0582. The number of nitrogens with zero attached hydrogens (tertiary/aromatic N) is 1. The zero-order valence-corrected chi connectivity index (χ0v) is 11.8. The predicted molar refractivity (Wildman–Crippen MR) is 81.4 cm³/mol. The number of benzene rings is 2. The molecule has 0 aliphatic rings. The molecule has 3 heteroatoms. The van der Waals surface area contributed by atoms with Gasteiger partial charge >= 0.3 is 0 Å². The quantitative estimate of drug-likeness (QED) is 0.791. The Kier molecular flexibility index (Phi) is 3.43. The van der Waals surface area contributed by atoms with Gasteiger partial charge < -0.3 is 5.11 Å². The molecule has 0 bridgehead atoms. The van der Waals surface area contributed by atoms with E-state index in [1.807, 2.05) is 24.3 Å². The molecule has 1 N–H and O–H groups in total. The number of aliphatic hydroxyl groups is 1. The summed E-state index contributed by atoms with van der Waals surface area (Å²) in [5, 5.41) is 12.8. The Bertz CT molecular complexity index is 778. The number of pyridine rings is 1. The van der Waals surface area contributed by atoms with Gasteiger partial charge in [-0.25, -0.2) is 4.39 Å². The largest absolute Gasteiger partial charge is 0.385 e. The van der Waals surface area contributed by atoms with Crippen molar-refractivity contribution in [3.8, 4) is 0 Å². The first kappa shape index (κ1) is 13.7. The molecule has 3 aromatic rings. The van der Waals surface area contributed by atoms with Gasteiger partial charge in [0.05, 0.1) is 5.60 Å². The van der Waals surface area contributed by atoms with Crippen molar-refractivity contribution < 1.29 is 9.50 Å². The summed E-state index contributed by atoms with van der Waals surface area (Å²) in [5.74, 6) is -0.292. The maximum absolute atomic E-state index is 13.8. The van der Waals surface area contributed by atoms with Crippen LogP contribution in [0.2, 0.25) is 0 Å². The van der Waals surface area contributed by atoms with Crippen LogP contribution in [0.25, 0.3) is 10.8 Å². The van der Waals surface area contributed by atoms with E-state index in [2.05, 4.69) is 4.98 Å². The van der Waals surface area contributed by atoms with Gasteiger partial charge in [0.2, 0.25) is 0 Å². The number of fused-ring (bicyclic) bond motifs is 1. The minimum absolute atomic E-state index is 0.223. The van der Waals surface area contributed by atoms with Crippen molar-refractivity contribution in [2.45, 2.75) is 18.9 Å². The second kappa shape index (κ2) is 5.26. The minimum Gasteiger partial charge on any atom is -0.385 e. The Labute approximate surface area is 122 Å². The van der Waals surface area contributed by atoms with E-state index < -0.39 is 5.60 Å². The van der Waals surface area contributed by atoms with E-state index in [-0.39, 0.29) is 12.2 Å². The molecule has 0 aliphatic carbocycles. The highest BCUT2D eigenvalue weighted by molar-refractivity contribution is 5.85. The summed E-state index contributed by atoms with van der Waals surface area (Å²) < 4.78 is 13.8. The SMILES string of the molecule is CC(O)(Cc1ccccc1F)c1cccc2cnccc12. The molecule has 2 nitrogen and oxygen atoms in total. The lowest BCUT2D eigenvalue weighted by Crippen LogP contribution is -2.25. The molecule has 1 unspecified atom stereocenters. The number of aromatic nitrogens is 1. The number of halogens is 1. The third-order valence-electron chi connectivity index (χ3n) is 3.75. The standard InChI is InChI=1S/C18H16FNO/c1-18(21,11-13-5-2-3-8-17(13)19)16-7-4-6-14-12-20-10-9-15(14)16/h2-10,12,21H,11H2,1H3. The van der Waals surface area contributed by atoms with Gasteiger partial charge in [-0.1, -0.05) is 36.4 Å². The maximum Gasteiger partial charge on any atom is 0.126 e. The fraction of sp³-hybridized carbons (Fsp3) is 0.167. The average molecular weight is 281 g/mol. The van der Waals surface area contributed by atoms with E-state index >= 15 is 0 Å². The highest BCUT2D eigenvalue weighted by Gasteiger charge is 2.26. The third kappa shape index (κ3) is 2.65. The number of hydrogen-bond donors (Lipinski definition) is 1. The van der Waals surface area contributed by atoms with Crippen LogP contribution in [-0.4, -0.2) is 10.1 Å². The molecule has 0 aliphatic heterocycles. The van der Waals surface area contributed by atoms with E-state index in [4.69, 9.17) is 0 Å². The first-order valence-corrected chi connectivity index (χ1v) is 6.87. The Morgan fingerprint density at radius 3 is 2.71 bits per heavy atom. The molecule has 0 saturated carbocycles. The van der Waals surface area contributed by atoms with E-state index in [0.717, 1.165) is 16.3 Å². The van der Waals surface area contributed by atoms with Crippen molar-refractivity contribution in [1.29, 1.82) is 0 Å². The minimum atomic E-state index is -1.15. The molecule has 0 fully saturated rings. The predicted octanol–water partition coefficient (Wildman–Crippen LogP) is 3.82. The Hall–Kier alpha value is -2.26. The Morgan fingerprint density at radius 2 is 1.90 bits per heavy atom. The van der Waals surface area contributed by atoms with Crippen molar-refractivity contribution in [3.05, 3.63) is 77.9 Å². The molecular formula is C18H16FNO. The normalized spacial score (nSPS) is 14.0. The van der Waals surface area contributed by atoms with E-state index in [1.54, 1.807) is 37.5 Å². The topological polar surface area (TPSA) is 33.1 Å². The van der Waals surface area contributed by atoms with E-state index in [1.165, 1.54) is 6.07 Å². The van der Waals surface area contributed by atoms with Crippen molar-refractivity contribution in [3.63, 3.8) is 0 Å². The highest BCUT2D eigenvalue weighted by atomic mass is 19.1. The van der Waals surface area contributed by atoms with Gasteiger partial charge in [-0.05, 0) is 35.6 Å². The second-order valence-corrected chi connectivity index (χ2v) is 5.44. The Balaban J connectivity index is 2.06. The van der Waals surface area contributed by atoms with Crippen LogP contribution in [0.5, 0.6) is 0 Å². The zero-order valence-electron chi connectivity index (χ0n) is 11.8. The summed E-state index contributed by atoms with van der Waals surface area (Å²) in [6.07, 6.45) is 3.68. The van der Waals surface area contributed by atoms with Gasteiger partial charge in [-0.15, -0.1) is 0 Å². The molecule has 0 amide bonds. The van der Waals surface area contributed by atoms with Crippen molar-refractivity contribution in [2.75, 3.05) is 0 Å². The summed E-state index contributed by atoms with van der Waals surface area (Å²) in [5.41, 5.74) is 0.141. The third-order valence-corrected chi connectivity index (χ3v) is 3.75. The molecule has 0 spiro atoms. The van der Waals surface area contributed by atoms with Gasteiger partial charge in [0.15, 0.2) is 0 Å². The molecule has 1 heterocycles. The van der Waals surface area contributed by atoms with Gasteiger partial charge in [0.25, 0.3) is 0 Å². The molecule has 0 saturated heterocycles. The first-order valence-electron chi connectivity index (χ1n) is 6.87. The average Bonchev–Trinajstić information content (AvgIpc) is 2.49. The zero-order chi connectivity index (χ0) is 14.9. The van der Waals surface area contributed by atoms with Crippen LogP contribution in [0.3, 0.4) is 0 Å². The van der Waals surface area contributed by atoms with Gasteiger partial charge in [-0.3, -0.25) is 4.98 Å². The van der Waals surface area contributed by atoms with Crippen LogP contribution in [0.4, 0.5) is 4.39 Å². The lowest BCUT2D eigenvalue weighted by atomic mass is 9.86. The van der Waals surface area contributed by atoms with Crippen molar-refractivity contribution in [1.82, 2.24) is 4.98 Å². The van der Waals surface area contributed by atoms with E-state index in [9.17, 15) is 9.50 Å². The molecule has 0 radical (unpaired) electrons. The fourth-order valence-corrected chi connectivity index (χ4v) is 2.70. The van der Waals surface area contributed by atoms with Crippen LogP contribution in [0, 0.1) is 5.82 Å². The highest BCUT2D eigenvalue weighted by Crippen LogP contribution is 2.31. The lowest BCUT2D eigenvalue weighted by Gasteiger charge is -2.25. The Morgan fingerprint density at radius 1 is 1.10 bits per heavy atom. The first-order chi connectivity index (χ1) is 10.1. The smallest absolute Gasteiger partial charge is 0.126 e. The monoisotopic (exact) mass is 281 g/mol. The fourth-order valence-electron chi connectivity index (χ4n) is 2.70. The molecular weight excluding hydrogens is 265 g/mol.